The number of nitrogens with one attached hydrogen (secondary N) is 1. The molecule has 1 aliphatic heterocycles. The molecule has 0 amide bonds. The second kappa shape index (κ2) is 8.98. The monoisotopic (exact) mass is 346 g/mol. The fourth-order valence-electron chi connectivity index (χ4n) is 2.25. The minimum atomic E-state index is 1.08. The van der Waals surface area contributed by atoms with Crippen molar-refractivity contribution in [2.24, 2.45) is 0 Å². The Morgan fingerprint density at radius 3 is 2.10 bits per heavy atom. The van der Waals surface area contributed by atoms with E-state index in [9.17, 15) is 0 Å². The summed E-state index contributed by atoms with van der Waals surface area (Å²) in [5.74, 6) is 0. The second-order valence-electron chi connectivity index (χ2n) is 5.31. The third-order valence-corrected chi connectivity index (χ3v) is 4.00. The van der Waals surface area contributed by atoms with Crippen LogP contribution in [0.15, 0.2) is 59.1 Å². The maximum absolute atomic E-state index is 3.45. The van der Waals surface area contributed by atoms with Gasteiger partial charge in [0.1, 0.15) is 0 Å². The van der Waals surface area contributed by atoms with Gasteiger partial charge in [0, 0.05) is 37.2 Å². The first kappa shape index (κ1) is 16.2. The normalized spacial score (nSPS) is 15.1. The molecule has 2 nitrogen and oxygen atoms in total. The Kier molecular flexibility index (Phi) is 6.93. The number of halogens is 1. The molecule has 3 rings (SSSR count). The van der Waals surface area contributed by atoms with Crippen LogP contribution in [0, 0.1) is 6.92 Å². The zero-order valence-electron chi connectivity index (χ0n) is 12.6. The van der Waals surface area contributed by atoms with Crippen molar-refractivity contribution in [2.45, 2.75) is 13.5 Å². The topological polar surface area (TPSA) is 15.3 Å². The molecule has 0 aromatic heterocycles. The first-order valence-corrected chi connectivity index (χ1v) is 8.22. The molecule has 3 heteroatoms. The summed E-state index contributed by atoms with van der Waals surface area (Å²) in [5.41, 5.74) is 2.72. The molecule has 1 saturated heterocycles. The van der Waals surface area contributed by atoms with Gasteiger partial charge in [-0.1, -0.05) is 64.0 Å². The molecule has 2 aromatic carbocycles. The van der Waals surface area contributed by atoms with Crippen LogP contribution in [0.3, 0.4) is 0 Å². The van der Waals surface area contributed by atoms with Gasteiger partial charge >= 0.3 is 0 Å². The van der Waals surface area contributed by atoms with Gasteiger partial charge in [0.15, 0.2) is 0 Å². The minimum Gasteiger partial charge on any atom is -0.314 e. The summed E-state index contributed by atoms with van der Waals surface area (Å²) in [6.07, 6.45) is 0. The molecule has 0 unspecified atom stereocenters. The minimum absolute atomic E-state index is 1.08. The van der Waals surface area contributed by atoms with Crippen LogP contribution in [-0.4, -0.2) is 31.1 Å². The van der Waals surface area contributed by atoms with Crippen molar-refractivity contribution >= 4 is 15.9 Å². The van der Waals surface area contributed by atoms with E-state index in [1.807, 2.05) is 18.2 Å². The standard InChI is InChI=1S/C11H15BrN2.C7H8/c12-11-3-1-10(2-4-11)9-14-7-5-13-6-8-14;1-7-5-3-2-4-6-7/h1-4,13H,5-9H2;2-6H,1H3. The third-order valence-electron chi connectivity index (χ3n) is 3.47. The largest absolute Gasteiger partial charge is 0.314 e. The maximum Gasteiger partial charge on any atom is 0.0234 e. The molecule has 1 heterocycles. The van der Waals surface area contributed by atoms with Gasteiger partial charge in [0.25, 0.3) is 0 Å². The van der Waals surface area contributed by atoms with Crippen molar-refractivity contribution in [1.29, 1.82) is 0 Å². The van der Waals surface area contributed by atoms with Crippen LogP contribution in [0.1, 0.15) is 11.1 Å². The molecular weight excluding hydrogens is 324 g/mol. The molecule has 0 spiro atoms. The molecule has 1 aliphatic rings. The average Bonchev–Trinajstić information content (AvgIpc) is 2.52. The predicted octanol–water partition coefficient (Wildman–Crippen LogP) is 3.85. The summed E-state index contributed by atoms with van der Waals surface area (Å²) in [4.78, 5) is 2.49. The highest BCUT2D eigenvalue weighted by Gasteiger charge is 2.09. The van der Waals surface area contributed by atoms with E-state index in [0.717, 1.165) is 37.2 Å². The van der Waals surface area contributed by atoms with Crippen molar-refractivity contribution in [3.05, 3.63) is 70.2 Å². The van der Waals surface area contributed by atoms with E-state index in [-0.39, 0.29) is 0 Å². The van der Waals surface area contributed by atoms with E-state index in [4.69, 9.17) is 0 Å². The van der Waals surface area contributed by atoms with Crippen molar-refractivity contribution in [1.82, 2.24) is 10.2 Å². The molecule has 1 fully saturated rings. The molecule has 0 atom stereocenters. The second-order valence-corrected chi connectivity index (χ2v) is 6.22. The van der Waals surface area contributed by atoms with Crippen LogP contribution in [-0.2, 0) is 6.54 Å². The maximum atomic E-state index is 3.45. The van der Waals surface area contributed by atoms with Gasteiger partial charge < -0.3 is 5.32 Å². The molecule has 0 saturated carbocycles. The number of rotatable bonds is 2. The molecule has 1 N–H and O–H groups in total. The Labute approximate surface area is 136 Å². The number of hydrogen-bond donors (Lipinski definition) is 1. The van der Waals surface area contributed by atoms with E-state index in [0.29, 0.717) is 0 Å². The number of nitrogens with zero attached hydrogens (tertiary/aromatic N) is 1. The zero-order chi connectivity index (χ0) is 14.9. The van der Waals surface area contributed by atoms with Crippen molar-refractivity contribution in [2.75, 3.05) is 26.2 Å². The highest BCUT2D eigenvalue weighted by molar-refractivity contribution is 9.10. The number of hydrogen-bond acceptors (Lipinski definition) is 2. The summed E-state index contributed by atoms with van der Waals surface area (Å²) in [5, 5.41) is 3.36. The van der Waals surface area contributed by atoms with Gasteiger partial charge in [-0.2, -0.15) is 0 Å². The summed E-state index contributed by atoms with van der Waals surface area (Å²) < 4.78 is 1.15. The van der Waals surface area contributed by atoms with Gasteiger partial charge in [-0.05, 0) is 24.6 Å². The summed E-state index contributed by atoms with van der Waals surface area (Å²) in [6, 6.07) is 18.9. The lowest BCUT2D eigenvalue weighted by Gasteiger charge is -2.27. The van der Waals surface area contributed by atoms with Crippen molar-refractivity contribution < 1.29 is 0 Å². The van der Waals surface area contributed by atoms with E-state index in [1.165, 1.54) is 11.1 Å². The Hall–Kier alpha value is -1.16. The lowest BCUT2D eigenvalue weighted by atomic mass is 10.2. The first-order valence-electron chi connectivity index (χ1n) is 7.43. The highest BCUT2D eigenvalue weighted by atomic mass is 79.9. The Bertz CT molecular complexity index is 505. The van der Waals surface area contributed by atoms with Crippen molar-refractivity contribution in [3.63, 3.8) is 0 Å². The van der Waals surface area contributed by atoms with E-state index in [2.05, 4.69) is 69.5 Å². The van der Waals surface area contributed by atoms with Gasteiger partial charge in [0.2, 0.25) is 0 Å². The molecule has 0 aliphatic carbocycles. The summed E-state index contributed by atoms with van der Waals surface area (Å²) in [7, 11) is 0. The molecule has 0 bridgehead atoms. The van der Waals surface area contributed by atoms with Crippen LogP contribution in [0.25, 0.3) is 0 Å². The molecule has 0 radical (unpaired) electrons. The fourth-order valence-corrected chi connectivity index (χ4v) is 2.52. The first-order chi connectivity index (χ1) is 10.2. The van der Waals surface area contributed by atoms with Crippen LogP contribution in [0.5, 0.6) is 0 Å². The Balaban J connectivity index is 0.000000194. The third kappa shape index (κ3) is 6.42. The fraction of sp³-hybridized carbons (Fsp3) is 0.333. The summed E-state index contributed by atoms with van der Waals surface area (Å²) >= 11 is 3.45. The van der Waals surface area contributed by atoms with Gasteiger partial charge in [-0.15, -0.1) is 0 Å². The van der Waals surface area contributed by atoms with Crippen LogP contribution in [0.4, 0.5) is 0 Å². The van der Waals surface area contributed by atoms with Crippen LogP contribution < -0.4 is 5.32 Å². The number of aryl methyl sites for hydroxylation is 1. The molecular formula is C18H23BrN2. The lowest BCUT2D eigenvalue weighted by Crippen LogP contribution is -2.42. The quantitative estimate of drug-likeness (QED) is 0.888. The SMILES string of the molecule is Brc1ccc(CN2CCNCC2)cc1.Cc1ccccc1. The zero-order valence-corrected chi connectivity index (χ0v) is 14.1. The van der Waals surface area contributed by atoms with E-state index < -0.39 is 0 Å². The smallest absolute Gasteiger partial charge is 0.0234 e. The Morgan fingerprint density at radius 2 is 1.57 bits per heavy atom. The van der Waals surface area contributed by atoms with Gasteiger partial charge in [-0.3, -0.25) is 4.90 Å². The van der Waals surface area contributed by atoms with Crippen LogP contribution in [0.2, 0.25) is 0 Å². The summed E-state index contributed by atoms with van der Waals surface area (Å²) in [6.45, 7) is 7.73. The Morgan fingerprint density at radius 1 is 0.952 bits per heavy atom. The lowest BCUT2D eigenvalue weighted by molar-refractivity contribution is 0.233. The molecule has 2 aromatic rings. The molecule has 21 heavy (non-hydrogen) atoms. The van der Waals surface area contributed by atoms with E-state index >= 15 is 0 Å². The predicted molar refractivity (Wildman–Crippen MR) is 93.5 cm³/mol. The van der Waals surface area contributed by atoms with Crippen LogP contribution >= 0.6 is 15.9 Å². The van der Waals surface area contributed by atoms with E-state index in [1.54, 1.807) is 0 Å². The number of benzene rings is 2. The molecule has 112 valence electrons. The number of piperazine rings is 1. The van der Waals surface area contributed by atoms with Gasteiger partial charge in [0.05, 0.1) is 0 Å². The van der Waals surface area contributed by atoms with Crippen molar-refractivity contribution in [3.8, 4) is 0 Å². The average molecular weight is 347 g/mol. The van der Waals surface area contributed by atoms with Gasteiger partial charge in [-0.25, -0.2) is 0 Å². The highest BCUT2D eigenvalue weighted by Crippen LogP contribution is 2.12.